The van der Waals surface area contributed by atoms with E-state index in [9.17, 15) is 14.4 Å². The second-order valence-electron chi connectivity index (χ2n) is 8.07. The maximum atomic E-state index is 13.4. The number of ketones is 2. The van der Waals surface area contributed by atoms with Crippen molar-refractivity contribution in [2.24, 2.45) is 11.8 Å². The summed E-state index contributed by atoms with van der Waals surface area (Å²) >= 11 is 0. The van der Waals surface area contributed by atoms with Gasteiger partial charge in [-0.1, -0.05) is 54.8 Å². The van der Waals surface area contributed by atoms with Gasteiger partial charge in [0.05, 0.1) is 5.92 Å². The molecule has 0 N–H and O–H groups in total. The molecule has 0 bridgehead atoms. The van der Waals surface area contributed by atoms with Crippen LogP contribution in [0.4, 0.5) is 0 Å². The molecule has 0 saturated heterocycles. The Balaban J connectivity index is 1.90. The van der Waals surface area contributed by atoms with E-state index < -0.39 is 17.5 Å². The van der Waals surface area contributed by atoms with Gasteiger partial charge in [0.25, 0.3) is 0 Å². The Labute approximate surface area is 170 Å². The molecule has 1 aliphatic carbocycles. The van der Waals surface area contributed by atoms with Crippen LogP contribution < -0.4 is 5.76 Å². The van der Waals surface area contributed by atoms with Gasteiger partial charge in [0.1, 0.15) is 5.78 Å². The summed E-state index contributed by atoms with van der Waals surface area (Å²) in [6.07, 6.45) is 5.12. The topological polar surface area (TPSA) is 85.4 Å². The standard InChI is InChI=1S/C22H29N3O4/c1-24(2)13-14-25-21(23-29-22(25)28)20(27)18(15-16-9-5-3-6-10-16)19(26)17-11-7-4-8-12-17/h3,5-6,9-10,17-18H,4,7-8,11-15H2,1-2H3/t18-/m1/s1. The van der Waals surface area contributed by atoms with Crippen LogP contribution in [0.25, 0.3) is 0 Å². The fourth-order valence-corrected chi connectivity index (χ4v) is 3.94. The zero-order chi connectivity index (χ0) is 20.8. The number of aromatic nitrogens is 2. The monoisotopic (exact) mass is 399 g/mol. The van der Waals surface area contributed by atoms with Gasteiger partial charge >= 0.3 is 5.76 Å². The highest BCUT2D eigenvalue weighted by Gasteiger charge is 2.36. The number of hydrogen-bond acceptors (Lipinski definition) is 6. The zero-order valence-electron chi connectivity index (χ0n) is 17.2. The molecular weight excluding hydrogens is 370 g/mol. The summed E-state index contributed by atoms with van der Waals surface area (Å²) in [6.45, 7) is 0.841. The molecule has 0 radical (unpaired) electrons. The molecule has 1 saturated carbocycles. The Kier molecular flexibility index (Phi) is 7.14. The first-order valence-electron chi connectivity index (χ1n) is 10.3. The van der Waals surface area contributed by atoms with E-state index in [1.807, 2.05) is 49.3 Å². The number of hydrogen-bond donors (Lipinski definition) is 0. The molecule has 1 aliphatic rings. The van der Waals surface area contributed by atoms with Crippen LogP contribution in [-0.4, -0.2) is 46.8 Å². The average molecular weight is 399 g/mol. The Morgan fingerprint density at radius 2 is 1.86 bits per heavy atom. The lowest BCUT2D eigenvalue weighted by Crippen LogP contribution is -2.35. The summed E-state index contributed by atoms with van der Waals surface area (Å²) in [4.78, 5) is 40.7. The summed E-state index contributed by atoms with van der Waals surface area (Å²) in [5.74, 6) is -2.13. The van der Waals surface area contributed by atoms with Crippen LogP contribution in [0.3, 0.4) is 0 Å². The van der Waals surface area contributed by atoms with Gasteiger partial charge in [-0.15, -0.1) is 0 Å². The molecule has 1 fully saturated rings. The predicted octanol–water partition coefficient (Wildman–Crippen LogP) is 2.59. The lowest BCUT2D eigenvalue weighted by atomic mass is 9.78. The van der Waals surface area contributed by atoms with Gasteiger partial charge in [-0.05, 0) is 38.9 Å². The number of carbonyl (C=O) groups excluding carboxylic acids is 2. The lowest BCUT2D eigenvalue weighted by Gasteiger charge is -2.24. The van der Waals surface area contributed by atoms with E-state index in [0.717, 1.165) is 37.7 Å². The van der Waals surface area contributed by atoms with Crippen LogP contribution in [0.15, 0.2) is 39.6 Å². The van der Waals surface area contributed by atoms with Crippen LogP contribution in [0, 0.1) is 11.8 Å². The van der Waals surface area contributed by atoms with Crippen LogP contribution >= 0.6 is 0 Å². The molecule has 7 nitrogen and oxygen atoms in total. The van der Waals surface area contributed by atoms with Crippen molar-refractivity contribution in [2.45, 2.75) is 45.1 Å². The van der Waals surface area contributed by atoms with E-state index in [4.69, 9.17) is 4.52 Å². The van der Waals surface area contributed by atoms with Crippen LogP contribution in [0.1, 0.15) is 48.3 Å². The fourth-order valence-electron chi connectivity index (χ4n) is 3.94. The molecule has 1 aromatic heterocycles. The summed E-state index contributed by atoms with van der Waals surface area (Å²) in [7, 11) is 3.76. The minimum Gasteiger partial charge on any atom is -0.308 e. The number of benzene rings is 1. The third-order valence-electron chi connectivity index (χ3n) is 5.63. The highest BCUT2D eigenvalue weighted by molar-refractivity contribution is 6.09. The smallest absolute Gasteiger partial charge is 0.308 e. The second-order valence-corrected chi connectivity index (χ2v) is 8.07. The first-order chi connectivity index (χ1) is 14.0. The van der Waals surface area contributed by atoms with Gasteiger partial charge < -0.3 is 4.90 Å². The third kappa shape index (κ3) is 5.29. The van der Waals surface area contributed by atoms with Crippen molar-refractivity contribution >= 4 is 11.6 Å². The summed E-state index contributed by atoms with van der Waals surface area (Å²) in [5.41, 5.74) is 0.917. The molecule has 7 heteroatoms. The summed E-state index contributed by atoms with van der Waals surface area (Å²) < 4.78 is 6.03. The van der Waals surface area contributed by atoms with Gasteiger partial charge in [-0.2, -0.15) is 0 Å². The SMILES string of the molecule is CN(C)CCn1c(C(=O)[C@H](Cc2ccccc2)C(=O)C2CCCCC2)noc1=O. The third-order valence-corrected chi connectivity index (χ3v) is 5.63. The first kappa shape index (κ1) is 21.2. The summed E-state index contributed by atoms with van der Waals surface area (Å²) in [6, 6.07) is 9.52. The van der Waals surface area contributed by atoms with Crippen LogP contribution in [0.5, 0.6) is 0 Å². The van der Waals surface area contributed by atoms with Gasteiger partial charge in [-0.3, -0.25) is 18.7 Å². The quantitative estimate of drug-likeness (QED) is 0.476. The van der Waals surface area contributed by atoms with E-state index in [2.05, 4.69) is 5.16 Å². The van der Waals surface area contributed by atoms with Gasteiger partial charge in [0.15, 0.2) is 0 Å². The van der Waals surface area contributed by atoms with Crippen molar-refractivity contribution in [3.8, 4) is 0 Å². The highest BCUT2D eigenvalue weighted by Crippen LogP contribution is 2.29. The second kappa shape index (κ2) is 9.78. The number of carbonyl (C=O) groups is 2. The number of Topliss-reactive ketones (excluding diaryl/α,β-unsaturated/α-hetero) is 2. The summed E-state index contributed by atoms with van der Waals surface area (Å²) in [5, 5.41) is 3.74. The molecule has 3 rings (SSSR count). The van der Waals surface area contributed by atoms with Crippen LogP contribution in [0.2, 0.25) is 0 Å². The van der Waals surface area contributed by atoms with Gasteiger partial charge in [-0.25, -0.2) is 4.79 Å². The molecule has 0 aliphatic heterocycles. The first-order valence-corrected chi connectivity index (χ1v) is 10.3. The molecule has 29 heavy (non-hydrogen) atoms. The molecule has 0 spiro atoms. The predicted molar refractivity (Wildman–Crippen MR) is 109 cm³/mol. The molecule has 156 valence electrons. The van der Waals surface area contributed by atoms with E-state index in [1.54, 1.807) is 0 Å². The van der Waals surface area contributed by atoms with Gasteiger partial charge in [0, 0.05) is 19.0 Å². The fraction of sp³-hybridized carbons (Fsp3) is 0.545. The maximum absolute atomic E-state index is 13.4. The number of likely N-dealkylation sites (N-methyl/N-ethyl adjacent to an activating group) is 1. The van der Waals surface area contributed by atoms with Crippen molar-refractivity contribution in [3.63, 3.8) is 0 Å². The van der Waals surface area contributed by atoms with Crippen molar-refractivity contribution in [1.29, 1.82) is 0 Å². The highest BCUT2D eigenvalue weighted by atomic mass is 16.5. The van der Waals surface area contributed by atoms with E-state index in [-0.39, 0.29) is 24.1 Å². The maximum Gasteiger partial charge on any atom is 0.441 e. The number of nitrogens with zero attached hydrogens (tertiary/aromatic N) is 3. The molecule has 0 unspecified atom stereocenters. The Morgan fingerprint density at radius 3 is 2.52 bits per heavy atom. The molecule has 0 amide bonds. The average Bonchev–Trinajstić information content (AvgIpc) is 3.11. The Bertz CT molecular complexity index is 879. The molecular formula is C22H29N3O4. The van der Waals surface area contributed by atoms with Crippen LogP contribution in [-0.2, 0) is 17.8 Å². The molecule has 2 aromatic rings. The van der Waals surface area contributed by atoms with Crippen molar-refractivity contribution in [1.82, 2.24) is 14.6 Å². The molecule has 1 heterocycles. The zero-order valence-corrected chi connectivity index (χ0v) is 17.2. The van der Waals surface area contributed by atoms with E-state index >= 15 is 0 Å². The van der Waals surface area contributed by atoms with Crippen molar-refractivity contribution < 1.29 is 14.1 Å². The van der Waals surface area contributed by atoms with Crippen molar-refractivity contribution in [2.75, 3.05) is 20.6 Å². The van der Waals surface area contributed by atoms with Crippen molar-refractivity contribution in [3.05, 3.63) is 52.3 Å². The molecule has 1 atom stereocenters. The van der Waals surface area contributed by atoms with Gasteiger partial charge in [0.2, 0.25) is 11.6 Å². The molecule has 1 aromatic carbocycles. The number of rotatable bonds is 9. The minimum atomic E-state index is -0.851. The largest absolute Gasteiger partial charge is 0.441 e. The Morgan fingerprint density at radius 1 is 1.17 bits per heavy atom. The Hall–Kier alpha value is -2.54. The normalized spacial score (nSPS) is 16.1. The minimum absolute atomic E-state index is 0.0341. The van der Waals surface area contributed by atoms with E-state index in [0.29, 0.717) is 13.0 Å². The van der Waals surface area contributed by atoms with E-state index in [1.165, 1.54) is 4.57 Å². The lowest BCUT2D eigenvalue weighted by molar-refractivity contribution is -0.126.